The number of ether oxygens (including phenoxy) is 1. The lowest BCUT2D eigenvalue weighted by Gasteiger charge is -2.38. The van der Waals surface area contributed by atoms with E-state index in [-0.39, 0.29) is 19.3 Å². The van der Waals surface area contributed by atoms with Crippen LogP contribution < -0.4 is 0 Å². The summed E-state index contributed by atoms with van der Waals surface area (Å²) in [6, 6.07) is 0. The van der Waals surface area contributed by atoms with Crippen molar-refractivity contribution in [1.82, 2.24) is 0 Å². The molecule has 3 nitrogen and oxygen atoms in total. The first-order valence-electron chi connectivity index (χ1n) is 6.45. The van der Waals surface area contributed by atoms with Gasteiger partial charge in [0, 0.05) is 0 Å². The molecule has 0 aliphatic heterocycles. The van der Waals surface area contributed by atoms with E-state index < -0.39 is 6.10 Å². The fraction of sp³-hybridized carbons (Fsp3) is 1.00. The minimum Gasteiger partial charge on any atom is -0.394 e. The summed E-state index contributed by atoms with van der Waals surface area (Å²) >= 11 is 0. The van der Waals surface area contributed by atoms with Gasteiger partial charge >= 0.3 is 0 Å². The lowest BCUT2D eigenvalue weighted by Crippen LogP contribution is -2.39. The molecule has 1 aliphatic rings. The summed E-state index contributed by atoms with van der Waals surface area (Å²) in [5, 5.41) is 18.1. The second-order valence-electron chi connectivity index (χ2n) is 5.49. The first-order chi connectivity index (χ1) is 7.58. The highest BCUT2D eigenvalue weighted by Crippen LogP contribution is 2.35. The standard InChI is InChI=1S/C13H26O3/c1-9(2)12-5-4-10(3)6-13(12)16-11(7-14)8-15/h9-15H,4-8H2,1-3H3/t10-,12+,13-/m1/s1. The first kappa shape index (κ1) is 13.9. The Bertz CT molecular complexity index is 190. The summed E-state index contributed by atoms with van der Waals surface area (Å²) in [7, 11) is 0. The normalized spacial score (nSPS) is 31.3. The van der Waals surface area contributed by atoms with Crippen LogP contribution in [-0.4, -0.2) is 35.6 Å². The maximum atomic E-state index is 9.06. The van der Waals surface area contributed by atoms with Crippen LogP contribution in [0.25, 0.3) is 0 Å². The molecule has 3 atom stereocenters. The lowest BCUT2D eigenvalue weighted by atomic mass is 9.75. The van der Waals surface area contributed by atoms with Gasteiger partial charge < -0.3 is 14.9 Å². The molecule has 1 aliphatic carbocycles. The summed E-state index contributed by atoms with van der Waals surface area (Å²) < 4.78 is 5.83. The van der Waals surface area contributed by atoms with Crippen LogP contribution in [0.4, 0.5) is 0 Å². The molecule has 3 heteroatoms. The quantitative estimate of drug-likeness (QED) is 0.757. The lowest BCUT2D eigenvalue weighted by molar-refractivity contribution is -0.110. The maximum Gasteiger partial charge on any atom is 0.104 e. The van der Waals surface area contributed by atoms with E-state index in [9.17, 15) is 0 Å². The molecule has 0 spiro atoms. The van der Waals surface area contributed by atoms with Gasteiger partial charge in [-0.2, -0.15) is 0 Å². The van der Waals surface area contributed by atoms with Crippen molar-refractivity contribution in [2.45, 2.75) is 52.2 Å². The van der Waals surface area contributed by atoms with Crippen LogP contribution in [0.2, 0.25) is 0 Å². The molecule has 0 heterocycles. The summed E-state index contributed by atoms with van der Waals surface area (Å²) in [5.74, 6) is 1.87. The van der Waals surface area contributed by atoms with Crippen molar-refractivity contribution in [3.8, 4) is 0 Å². The molecule has 0 radical (unpaired) electrons. The smallest absolute Gasteiger partial charge is 0.104 e. The van der Waals surface area contributed by atoms with Crippen LogP contribution in [0, 0.1) is 17.8 Å². The Hall–Kier alpha value is -0.120. The van der Waals surface area contributed by atoms with Gasteiger partial charge in [0.05, 0.1) is 19.3 Å². The molecule has 0 aromatic rings. The zero-order valence-electron chi connectivity index (χ0n) is 10.7. The SMILES string of the molecule is CC(C)[C@@H]1CC[C@@H](C)C[C@H]1OC(CO)CO. The molecule has 96 valence electrons. The van der Waals surface area contributed by atoms with Crippen LogP contribution in [0.5, 0.6) is 0 Å². The number of hydrogen-bond donors (Lipinski definition) is 2. The average molecular weight is 230 g/mol. The molecule has 1 fully saturated rings. The second kappa shape index (κ2) is 6.58. The van der Waals surface area contributed by atoms with Crippen molar-refractivity contribution in [3.63, 3.8) is 0 Å². The van der Waals surface area contributed by atoms with Crippen LogP contribution in [0.1, 0.15) is 40.0 Å². The van der Waals surface area contributed by atoms with Gasteiger partial charge in [-0.1, -0.05) is 27.2 Å². The zero-order chi connectivity index (χ0) is 12.1. The topological polar surface area (TPSA) is 49.7 Å². The molecule has 0 amide bonds. The monoisotopic (exact) mass is 230 g/mol. The highest BCUT2D eigenvalue weighted by molar-refractivity contribution is 4.82. The van der Waals surface area contributed by atoms with E-state index in [1.807, 2.05) is 0 Å². The second-order valence-corrected chi connectivity index (χ2v) is 5.49. The summed E-state index contributed by atoms with van der Waals surface area (Å²) in [6.07, 6.45) is 3.32. The van der Waals surface area contributed by atoms with Gasteiger partial charge in [0.25, 0.3) is 0 Å². The molecule has 0 aromatic heterocycles. The maximum absolute atomic E-state index is 9.06. The van der Waals surface area contributed by atoms with Gasteiger partial charge in [-0.15, -0.1) is 0 Å². The number of aliphatic hydroxyl groups is 2. The molecule has 0 bridgehead atoms. The predicted molar refractivity (Wildman–Crippen MR) is 64.2 cm³/mol. The molecule has 16 heavy (non-hydrogen) atoms. The van der Waals surface area contributed by atoms with Gasteiger partial charge in [0.1, 0.15) is 6.10 Å². The molecular formula is C13H26O3. The van der Waals surface area contributed by atoms with E-state index >= 15 is 0 Å². The van der Waals surface area contributed by atoms with Crippen molar-refractivity contribution < 1.29 is 14.9 Å². The van der Waals surface area contributed by atoms with Crippen LogP contribution >= 0.6 is 0 Å². The zero-order valence-corrected chi connectivity index (χ0v) is 10.7. The molecule has 1 rings (SSSR count). The van der Waals surface area contributed by atoms with Gasteiger partial charge in [0.2, 0.25) is 0 Å². The Balaban J connectivity index is 2.56. The Labute approximate surface area is 98.8 Å². The minimum atomic E-state index is -0.406. The summed E-state index contributed by atoms with van der Waals surface area (Å²) in [4.78, 5) is 0. The van der Waals surface area contributed by atoms with E-state index in [0.717, 1.165) is 6.42 Å². The Kier molecular flexibility index (Phi) is 5.73. The Morgan fingerprint density at radius 3 is 2.31 bits per heavy atom. The Morgan fingerprint density at radius 2 is 1.81 bits per heavy atom. The predicted octanol–water partition coefficient (Wildman–Crippen LogP) is 1.82. The fourth-order valence-corrected chi connectivity index (χ4v) is 2.66. The minimum absolute atomic E-state index is 0.0911. The molecule has 1 saturated carbocycles. The van der Waals surface area contributed by atoms with Crippen molar-refractivity contribution in [2.24, 2.45) is 17.8 Å². The van der Waals surface area contributed by atoms with Gasteiger partial charge in [0.15, 0.2) is 0 Å². The van der Waals surface area contributed by atoms with Gasteiger partial charge in [-0.05, 0) is 30.6 Å². The van der Waals surface area contributed by atoms with E-state index in [1.54, 1.807) is 0 Å². The van der Waals surface area contributed by atoms with Gasteiger partial charge in [-0.25, -0.2) is 0 Å². The first-order valence-corrected chi connectivity index (χ1v) is 6.45. The third-order valence-electron chi connectivity index (χ3n) is 3.74. The van der Waals surface area contributed by atoms with Crippen LogP contribution in [0.15, 0.2) is 0 Å². The van der Waals surface area contributed by atoms with Crippen molar-refractivity contribution >= 4 is 0 Å². The number of rotatable bonds is 5. The van der Waals surface area contributed by atoms with Crippen molar-refractivity contribution in [3.05, 3.63) is 0 Å². The van der Waals surface area contributed by atoms with E-state index in [1.165, 1.54) is 12.8 Å². The molecule has 0 saturated heterocycles. The van der Waals surface area contributed by atoms with Crippen molar-refractivity contribution in [1.29, 1.82) is 0 Å². The van der Waals surface area contributed by atoms with Crippen LogP contribution in [-0.2, 0) is 4.74 Å². The van der Waals surface area contributed by atoms with E-state index in [4.69, 9.17) is 14.9 Å². The molecule has 0 unspecified atom stereocenters. The van der Waals surface area contributed by atoms with Crippen LogP contribution in [0.3, 0.4) is 0 Å². The average Bonchev–Trinajstić information content (AvgIpc) is 2.25. The molecule has 2 N–H and O–H groups in total. The third-order valence-corrected chi connectivity index (χ3v) is 3.74. The fourth-order valence-electron chi connectivity index (χ4n) is 2.66. The number of hydrogen-bond acceptors (Lipinski definition) is 3. The molecule has 0 aromatic carbocycles. The van der Waals surface area contributed by atoms with Crippen molar-refractivity contribution in [2.75, 3.05) is 13.2 Å². The molecular weight excluding hydrogens is 204 g/mol. The summed E-state index contributed by atoms with van der Waals surface area (Å²) in [5.41, 5.74) is 0. The highest BCUT2D eigenvalue weighted by Gasteiger charge is 2.32. The Morgan fingerprint density at radius 1 is 1.19 bits per heavy atom. The highest BCUT2D eigenvalue weighted by atomic mass is 16.5. The number of aliphatic hydroxyl groups excluding tert-OH is 2. The largest absolute Gasteiger partial charge is 0.394 e. The third kappa shape index (κ3) is 3.72. The van der Waals surface area contributed by atoms with Gasteiger partial charge in [-0.3, -0.25) is 0 Å². The van der Waals surface area contributed by atoms with E-state index in [2.05, 4.69) is 20.8 Å². The van der Waals surface area contributed by atoms with E-state index in [0.29, 0.717) is 17.8 Å². The summed E-state index contributed by atoms with van der Waals surface area (Å²) in [6.45, 7) is 6.52.